The molecule has 0 atom stereocenters. The van der Waals surface area contributed by atoms with Gasteiger partial charge in [-0.2, -0.15) is 0 Å². The van der Waals surface area contributed by atoms with Gasteiger partial charge in [-0.05, 0) is 31.0 Å². The van der Waals surface area contributed by atoms with E-state index in [4.69, 9.17) is 27.9 Å². The van der Waals surface area contributed by atoms with Gasteiger partial charge < -0.3 is 4.74 Å². The predicted octanol–water partition coefficient (Wildman–Crippen LogP) is 3.50. The Labute approximate surface area is 155 Å². The smallest absolute Gasteiger partial charge is 0.334 e. The first kappa shape index (κ1) is 18.0. The number of rotatable bonds is 5. The highest BCUT2D eigenvalue weighted by Crippen LogP contribution is 2.28. The highest BCUT2D eigenvalue weighted by atomic mass is 35.5. The second-order valence-corrected chi connectivity index (χ2v) is 6.97. The molecular weight excluding hydrogens is 367 g/mol. The van der Waals surface area contributed by atoms with Gasteiger partial charge in [0.25, 0.3) is 0 Å². The van der Waals surface area contributed by atoms with Crippen molar-refractivity contribution in [1.29, 1.82) is 0 Å². The number of imide groups is 2. The van der Waals surface area contributed by atoms with Gasteiger partial charge in [0, 0.05) is 11.1 Å². The first-order valence-corrected chi connectivity index (χ1v) is 9.01. The largest absolute Gasteiger partial charge is 0.490 e. The zero-order chi connectivity index (χ0) is 18.0. The van der Waals surface area contributed by atoms with Crippen LogP contribution in [-0.2, 0) is 9.59 Å². The summed E-state index contributed by atoms with van der Waals surface area (Å²) in [6.07, 6.45) is 4.55. The molecule has 0 N–H and O–H groups in total. The summed E-state index contributed by atoms with van der Waals surface area (Å²) in [5, 5.41) is 0.822. The van der Waals surface area contributed by atoms with Crippen LogP contribution < -0.4 is 4.74 Å². The maximum Gasteiger partial charge on any atom is 0.334 e. The van der Waals surface area contributed by atoms with Gasteiger partial charge in [0.1, 0.15) is 12.4 Å². The number of amides is 4. The van der Waals surface area contributed by atoms with Crippen LogP contribution in [0.3, 0.4) is 0 Å². The van der Waals surface area contributed by atoms with Crippen LogP contribution in [0.4, 0.5) is 4.79 Å². The standard InChI is InChI=1S/C17H18Cl2N2O4/c18-11-6-7-14(13(19)10-11)25-9-8-20-15(22)16(23)21(17(20)24)12-4-2-1-3-5-12/h6-7,10,12H,1-5,8-9H2. The summed E-state index contributed by atoms with van der Waals surface area (Å²) in [5.74, 6) is -1.12. The van der Waals surface area contributed by atoms with E-state index in [1.807, 2.05) is 0 Å². The molecular formula is C17H18Cl2N2O4. The number of benzene rings is 1. The number of urea groups is 1. The van der Waals surface area contributed by atoms with Crippen molar-refractivity contribution in [3.05, 3.63) is 28.2 Å². The summed E-state index contributed by atoms with van der Waals surface area (Å²) < 4.78 is 5.50. The molecule has 0 aromatic heterocycles. The van der Waals surface area contributed by atoms with Gasteiger partial charge in [0.05, 0.1) is 11.6 Å². The molecule has 2 fully saturated rings. The van der Waals surface area contributed by atoms with Crippen LogP contribution in [0, 0.1) is 0 Å². The molecule has 0 radical (unpaired) electrons. The van der Waals surface area contributed by atoms with Gasteiger partial charge >= 0.3 is 17.8 Å². The molecule has 25 heavy (non-hydrogen) atoms. The Morgan fingerprint density at radius 1 is 1.04 bits per heavy atom. The molecule has 134 valence electrons. The number of halogens is 2. The summed E-state index contributed by atoms with van der Waals surface area (Å²) in [4.78, 5) is 38.9. The molecule has 2 aliphatic rings. The number of carbonyl (C=O) groups is 3. The van der Waals surface area contributed by atoms with E-state index in [2.05, 4.69) is 0 Å². The first-order chi connectivity index (χ1) is 12.0. The minimum absolute atomic E-state index is 0.00835. The maximum absolute atomic E-state index is 12.5. The van der Waals surface area contributed by atoms with Crippen molar-refractivity contribution in [3.8, 4) is 5.75 Å². The number of ether oxygens (including phenoxy) is 1. The lowest BCUT2D eigenvalue weighted by molar-refractivity contribution is -0.144. The van der Waals surface area contributed by atoms with E-state index in [9.17, 15) is 14.4 Å². The molecule has 0 spiro atoms. The Hall–Kier alpha value is -1.79. The Kier molecular flexibility index (Phi) is 5.49. The zero-order valence-electron chi connectivity index (χ0n) is 13.5. The van der Waals surface area contributed by atoms with E-state index >= 15 is 0 Å². The third-order valence-corrected chi connectivity index (χ3v) is 5.02. The summed E-state index contributed by atoms with van der Waals surface area (Å²) >= 11 is 11.8. The third kappa shape index (κ3) is 3.75. The summed E-state index contributed by atoms with van der Waals surface area (Å²) in [6.45, 7) is 0.0379. The Morgan fingerprint density at radius 2 is 1.76 bits per heavy atom. The molecule has 1 saturated heterocycles. The Balaban J connectivity index is 1.61. The molecule has 4 amide bonds. The van der Waals surface area contributed by atoms with Crippen molar-refractivity contribution < 1.29 is 19.1 Å². The number of carbonyl (C=O) groups excluding carboxylic acids is 3. The van der Waals surface area contributed by atoms with Crippen LogP contribution in [0.1, 0.15) is 32.1 Å². The van der Waals surface area contributed by atoms with Crippen LogP contribution >= 0.6 is 23.2 Å². The van der Waals surface area contributed by atoms with Crippen molar-refractivity contribution in [2.75, 3.05) is 13.2 Å². The molecule has 8 heteroatoms. The third-order valence-electron chi connectivity index (χ3n) is 4.49. The van der Waals surface area contributed by atoms with Gasteiger partial charge in [-0.15, -0.1) is 0 Å². The number of hydrogen-bond acceptors (Lipinski definition) is 4. The van der Waals surface area contributed by atoms with Gasteiger partial charge in [-0.25, -0.2) is 4.79 Å². The molecule has 1 saturated carbocycles. The Morgan fingerprint density at radius 3 is 2.44 bits per heavy atom. The van der Waals surface area contributed by atoms with Gasteiger partial charge in [0.15, 0.2) is 0 Å². The number of nitrogens with zero attached hydrogens (tertiary/aromatic N) is 2. The van der Waals surface area contributed by atoms with E-state index in [0.29, 0.717) is 15.8 Å². The second-order valence-electron chi connectivity index (χ2n) is 6.13. The summed E-state index contributed by atoms with van der Waals surface area (Å²) in [6, 6.07) is 4.06. The molecule has 1 aromatic rings. The molecule has 1 heterocycles. The molecule has 1 aliphatic carbocycles. The average Bonchev–Trinajstić information content (AvgIpc) is 2.81. The normalized spacial score (nSPS) is 19.0. The van der Waals surface area contributed by atoms with Crippen LogP contribution in [-0.4, -0.2) is 46.8 Å². The predicted molar refractivity (Wildman–Crippen MR) is 92.8 cm³/mol. The van der Waals surface area contributed by atoms with Crippen molar-refractivity contribution in [1.82, 2.24) is 9.80 Å². The van der Waals surface area contributed by atoms with E-state index in [1.54, 1.807) is 18.2 Å². The molecule has 3 rings (SSSR count). The molecule has 0 bridgehead atoms. The summed E-state index contributed by atoms with van der Waals surface area (Å²) in [7, 11) is 0. The molecule has 6 nitrogen and oxygen atoms in total. The monoisotopic (exact) mass is 384 g/mol. The lowest BCUT2D eigenvalue weighted by atomic mass is 9.94. The maximum atomic E-state index is 12.5. The highest BCUT2D eigenvalue weighted by Gasteiger charge is 2.47. The van der Waals surface area contributed by atoms with Crippen molar-refractivity contribution in [3.63, 3.8) is 0 Å². The topological polar surface area (TPSA) is 66.9 Å². The number of hydrogen-bond donors (Lipinski definition) is 0. The van der Waals surface area contributed by atoms with Crippen LogP contribution in [0.5, 0.6) is 5.75 Å². The van der Waals surface area contributed by atoms with E-state index in [1.165, 1.54) is 0 Å². The zero-order valence-corrected chi connectivity index (χ0v) is 15.1. The quantitative estimate of drug-likeness (QED) is 0.575. The second kappa shape index (κ2) is 7.62. The van der Waals surface area contributed by atoms with Crippen molar-refractivity contribution >= 4 is 41.0 Å². The van der Waals surface area contributed by atoms with Crippen LogP contribution in [0.15, 0.2) is 18.2 Å². The fourth-order valence-electron chi connectivity index (χ4n) is 3.22. The highest BCUT2D eigenvalue weighted by molar-refractivity contribution is 6.44. The van der Waals surface area contributed by atoms with Crippen molar-refractivity contribution in [2.45, 2.75) is 38.1 Å². The fourth-order valence-corrected chi connectivity index (χ4v) is 3.68. The minimum Gasteiger partial charge on any atom is -0.490 e. The SMILES string of the molecule is O=C1C(=O)N(C2CCCCC2)C(=O)N1CCOc1ccc(Cl)cc1Cl. The average molecular weight is 385 g/mol. The molecule has 1 aromatic carbocycles. The van der Waals surface area contributed by atoms with Gasteiger partial charge in [0.2, 0.25) is 0 Å². The van der Waals surface area contributed by atoms with E-state index in [-0.39, 0.29) is 19.2 Å². The van der Waals surface area contributed by atoms with E-state index in [0.717, 1.165) is 41.9 Å². The van der Waals surface area contributed by atoms with Gasteiger partial charge in [-0.3, -0.25) is 19.4 Å². The minimum atomic E-state index is -0.790. The van der Waals surface area contributed by atoms with Crippen LogP contribution in [0.2, 0.25) is 10.0 Å². The lowest BCUT2D eigenvalue weighted by Gasteiger charge is -2.28. The first-order valence-electron chi connectivity index (χ1n) is 8.26. The molecule has 1 aliphatic heterocycles. The summed E-state index contributed by atoms with van der Waals surface area (Å²) in [5.41, 5.74) is 0. The van der Waals surface area contributed by atoms with E-state index < -0.39 is 17.8 Å². The van der Waals surface area contributed by atoms with Crippen molar-refractivity contribution in [2.24, 2.45) is 0 Å². The molecule has 0 unspecified atom stereocenters. The fraction of sp³-hybridized carbons (Fsp3) is 0.471. The Bertz CT molecular complexity index is 704. The van der Waals surface area contributed by atoms with Gasteiger partial charge in [-0.1, -0.05) is 42.5 Å². The van der Waals surface area contributed by atoms with Crippen LogP contribution in [0.25, 0.3) is 0 Å². The lowest BCUT2D eigenvalue weighted by Crippen LogP contribution is -2.42.